The molecule has 122 valence electrons. The molecule has 7 heteroatoms. The molecule has 0 radical (unpaired) electrons. The van der Waals surface area contributed by atoms with E-state index in [0.29, 0.717) is 18.5 Å². The lowest BCUT2D eigenvalue weighted by molar-refractivity contribution is -0.136. The maximum atomic E-state index is 12.6. The van der Waals surface area contributed by atoms with Gasteiger partial charge in [-0.3, -0.25) is 19.7 Å². The van der Waals surface area contributed by atoms with Crippen molar-refractivity contribution in [1.29, 1.82) is 0 Å². The monoisotopic (exact) mass is 324 g/mol. The summed E-state index contributed by atoms with van der Waals surface area (Å²) < 4.78 is 1.86. The Morgan fingerprint density at radius 1 is 1.25 bits per heavy atom. The predicted molar refractivity (Wildman–Crippen MR) is 84.7 cm³/mol. The molecule has 0 bridgehead atoms. The second-order valence-corrected chi connectivity index (χ2v) is 6.20. The number of hydrogen-bond acceptors (Lipinski definition) is 4. The number of aromatic nitrogens is 2. The number of amides is 3. The summed E-state index contributed by atoms with van der Waals surface area (Å²) in [6.07, 6.45) is 4.27. The number of nitrogens with one attached hydrogen (secondary N) is 1. The van der Waals surface area contributed by atoms with Crippen LogP contribution in [0.5, 0.6) is 0 Å². The zero-order chi connectivity index (χ0) is 16.8. The molecule has 1 fully saturated rings. The minimum Gasteiger partial charge on any atom is -0.340 e. The fourth-order valence-electron chi connectivity index (χ4n) is 3.30. The van der Waals surface area contributed by atoms with Crippen LogP contribution in [0.2, 0.25) is 0 Å². The second kappa shape index (κ2) is 5.30. The number of imidazole rings is 1. The summed E-state index contributed by atoms with van der Waals surface area (Å²) in [5.74, 6) is -0.831. The van der Waals surface area contributed by atoms with Crippen LogP contribution >= 0.6 is 0 Å². The van der Waals surface area contributed by atoms with Gasteiger partial charge in [-0.05, 0) is 24.1 Å². The first-order valence-electron chi connectivity index (χ1n) is 7.79. The molecule has 1 aromatic carbocycles. The molecular formula is C17H16N4O3. The molecule has 0 spiro atoms. The van der Waals surface area contributed by atoms with Gasteiger partial charge in [-0.1, -0.05) is 6.07 Å². The van der Waals surface area contributed by atoms with Gasteiger partial charge in [0.1, 0.15) is 6.04 Å². The second-order valence-electron chi connectivity index (χ2n) is 6.20. The third-order valence-electron chi connectivity index (χ3n) is 4.52. The molecule has 1 saturated heterocycles. The third kappa shape index (κ3) is 2.29. The van der Waals surface area contributed by atoms with Gasteiger partial charge in [0, 0.05) is 37.3 Å². The smallest absolute Gasteiger partial charge is 0.255 e. The zero-order valence-electron chi connectivity index (χ0n) is 13.2. The molecule has 2 aromatic rings. The van der Waals surface area contributed by atoms with Gasteiger partial charge in [-0.15, -0.1) is 0 Å². The summed E-state index contributed by atoms with van der Waals surface area (Å²) in [6, 6.07) is 5.02. The summed E-state index contributed by atoms with van der Waals surface area (Å²) in [5, 5.41) is 2.31. The molecule has 1 N–H and O–H groups in total. The first-order chi connectivity index (χ1) is 11.5. The van der Waals surface area contributed by atoms with Crippen LogP contribution in [0.1, 0.15) is 28.8 Å². The first kappa shape index (κ1) is 14.6. The van der Waals surface area contributed by atoms with Crippen molar-refractivity contribution in [2.75, 3.05) is 0 Å². The summed E-state index contributed by atoms with van der Waals surface area (Å²) in [6.45, 7) is 0.376. The number of rotatable bonds is 2. The topological polar surface area (TPSA) is 84.3 Å². The van der Waals surface area contributed by atoms with Crippen LogP contribution < -0.4 is 5.32 Å². The quantitative estimate of drug-likeness (QED) is 0.830. The van der Waals surface area contributed by atoms with E-state index < -0.39 is 11.9 Å². The van der Waals surface area contributed by atoms with E-state index >= 15 is 0 Å². The van der Waals surface area contributed by atoms with E-state index in [1.807, 2.05) is 29.9 Å². The van der Waals surface area contributed by atoms with Crippen LogP contribution in [0.15, 0.2) is 30.7 Å². The van der Waals surface area contributed by atoms with E-state index in [1.54, 1.807) is 17.3 Å². The maximum Gasteiger partial charge on any atom is 0.255 e. The number of hydrogen-bond donors (Lipinski definition) is 1. The highest BCUT2D eigenvalue weighted by Gasteiger charge is 2.39. The van der Waals surface area contributed by atoms with Gasteiger partial charge in [0.2, 0.25) is 11.8 Å². The summed E-state index contributed by atoms with van der Waals surface area (Å²) in [4.78, 5) is 41.8. The number of carbonyl (C=O) groups is 3. The van der Waals surface area contributed by atoms with Gasteiger partial charge in [-0.25, -0.2) is 4.98 Å². The molecule has 7 nitrogen and oxygen atoms in total. The Kier molecular flexibility index (Phi) is 3.23. The minimum absolute atomic E-state index is 0.160. The van der Waals surface area contributed by atoms with Gasteiger partial charge >= 0.3 is 0 Å². The van der Waals surface area contributed by atoms with E-state index in [9.17, 15) is 14.4 Å². The highest BCUT2D eigenvalue weighted by molar-refractivity contribution is 6.05. The molecule has 1 atom stereocenters. The van der Waals surface area contributed by atoms with Crippen LogP contribution in [-0.2, 0) is 23.2 Å². The Morgan fingerprint density at radius 2 is 2.08 bits per heavy atom. The first-order valence-corrected chi connectivity index (χ1v) is 7.79. The van der Waals surface area contributed by atoms with E-state index in [0.717, 1.165) is 16.8 Å². The van der Waals surface area contributed by atoms with Crippen molar-refractivity contribution in [3.05, 3.63) is 41.9 Å². The van der Waals surface area contributed by atoms with Crippen molar-refractivity contribution in [2.24, 2.45) is 7.05 Å². The van der Waals surface area contributed by atoms with E-state index in [-0.39, 0.29) is 18.2 Å². The number of fused-ring (bicyclic) bond motifs is 1. The van der Waals surface area contributed by atoms with Gasteiger partial charge in [0.15, 0.2) is 0 Å². The molecule has 0 saturated carbocycles. The Bertz CT molecular complexity index is 870. The largest absolute Gasteiger partial charge is 0.340 e. The lowest BCUT2D eigenvalue weighted by atomic mass is 10.0. The maximum absolute atomic E-state index is 12.6. The minimum atomic E-state index is -0.582. The molecule has 4 rings (SSSR count). The van der Waals surface area contributed by atoms with Crippen molar-refractivity contribution >= 4 is 17.7 Å². The van der Waals surface area contributed by atoms with Gasteiger partial charge < -0.3 is 9.47 Å². The Hall–Kier alpha value is -2.96. The molecule has 3 amide bonds. The van der Waals surface area contributed by atoms with E-state index in [4.69, 9.17) is 0 Å². The Morgan fingerprint density at radius 3 is 2.79 bits per heavy atom. The third-order valence-corrected chi connectivity index (χ3v) is 4.52. The predicted octanol–water partition coefficient (Wildman–Crippen LogP) is 0.848. The molecule has 2 aliphatic heterocycles. The van der Waals surface area contributed by atoms with Crippen LogP contribution in [0.3, 0.4) is 0 Å². The zero-order valence-corrected chi connectivity index (χ0v) is 13.2. The Balaban J connectivity index is 1.62. The van der Waals surface area contributed by atoms with E-state index in [2.05, 4.69) is 10.3 Å². The fourth-order valence-corrected chi connectivity index (χ4v) is 3.30. The fraction of sp³-hybridized carbons (Fsp3) is 0.294. The van der Waals surface area contributed by atoms with Crippen LogP contribution in [0.25, 0.3) is 11.3 Å². The molecule has 2 aliphatic rings. The van der Waals surface area contributed by atoms with Crippen molar-refractivity contribution in [3.8, 4) is 11.3 Å². The summed E-state index contributed by atoms with van der Waals surface area (Å²) in [5.41, 5.74) is 3.27. The van der Waals surface area contributed by atoms with Crippen LogP contribution in [0, 0.1) is 0 Å². The number of aryl methyl sites for hydroxylation is 1. The molecule has 0 aliphatic carbocycles. The lowest BCUT2D eigenvalue weighted by Crippen LogP contribution is -2.52. The number of benzene rings is 1. The van der Waals surface area contributed by atoms with Crippen LogP contribution in [0.4, 0.5) is 0 Å². The summed E-state index contributed by atoms with van der Waals surface area (Å²) in [7, 11) is 1.90. The van der Waals surface area contributed by atoms with E-state index in [1.165, 1.54) is 0 Å². The molecule has 24 heavy (non-hydrogen) atoms. The number of nitrogens with zero attached hydrogens (tertiary/aromatic N) is 3. The Labute approximate surface area is 138 Å². The average molecular weight is 324 g/mol. The molecular weight excluding hydrogens is 308 g/mol. The molecule has 1 unspecified atom stereocenters. The number of imide groups is 1. The highest BCUT2D eigenvalue weighted by Crippen LogP contribution is 2.30. The van der Waals surface area contributed by atoms with Gasteiger partial charge in [-0.2, -0.15) is 0 Å². The summed E-state index contributed by atoms with van der Waals surface area (Å²) >= 11 is 0. The van der Waals surface area contributed by atoms with Crippen LogP contribution in [-0.4, -0.2) is 38.2 Å². The normalized spacial score (nSPS) is 20.3. The van der Waals surface area contributed by atoms with Crippen molar-refractivity contribution < 1.29 is 14.4 Å². The number of piperidine rings is 1. The van der Waals surface area contributed by atoms with Crippen molar-refractivity contribution in [3.63, 3.8) is 0 Å². The standard InChI is InChI=1S/C17H16N4O3/c1-20-8-13(18-9-20)10-2-3-12-11(6-10)7-21(17(12)24)14-4-5-15(22)19-16(14)23/h2-3,6,8-9,14H,4-5,7H2,1H3,(H,19,22,23). The average Bonchev–Trinajstić information content (AvgIpc) is 3.11. The van der Waals surface area contributed by atoms with Crippen molar-refractivity contribution in [2.45, 2.75) is 25.4 Å². The van der Waals surface area contributed by atoms with Gasteiger partial charge in [0.05, 0.1) is 12.0 Å². The highest BCUT2D eigenvalue weighted by atomic mass is 16.2. The number of carbonyl (C=O) groups excluding carboxylic acids is 3. The lowest BCUT2D eigenvalue weighted by Gasteiger charge is -2.29. The molecule has 1 aromatic heterocycles. The SMILES string of the molecule is Cn1cnc(-c2ccc3c(c2)CN(C2CCC(=O)NC2=O)C3=O)c1. The van der Waals surface area contributed by atoms with Crippen molar-refractivity contribution in [1.82, 2.24) is 19.8 Å². The van der Waals surface area contributed by atoms with Gasteiger partial charge in [0.25, 0.3) is 5.91 Å². The molecule has 3 heterocycles.